The standard InChI is InChI=1S/C13H15N3O2S/c1-3-6-15-13(18)11(7-14)12(17)5-4-10-8-19-9(2)16-10/h4-5,8,11H,3,6H2,1-2H3,(H,15,18)/b5-4+. The van der Waals surface area contributed by atoms with Crippen molar-refractivity contribution in [2.24, 2.45) is 5.92 Å². The predicted octanol–water partition coefficient (Wildman–Crippen LogP) is 1.70. The second kappa shape index (κ2) is 7.44. The van der Waals surface area contributed by atoms with Crippen molar-refractivity contribution in [3.63, 3.8) is 0 Å². The number of amides is 1. The van der Waals surface area contributed by atoms with E-state index < -0.39 is 17.6 Å². The summed E-state index contributed by atoms with van der Waals surface area (Å²) in [6.45, 7) is 4.22. The second-order valence-corrected chi connectivity index (χ2v) is 4.94. The van der Waals surface area contributed by atoms with Gasteiger partial charge in [-0.2, -0.15) is 5.26 Å². The van der Waals surface area contributed by atoms with Gasteiger partial charge in [0.2, 0.25) is 5.91 Å². The Hall–Kier alpha value is -2.00. The highest BCUT2D eigenvalue weighted by molar-refractivity contribution is 7.09. The van der Waals surface area contributed by atoms with Crippen LogP contribution >= 0.6 is 11.3 Å². The van der Waals surface area contributed by atoms with Gasteiger partial charge in [0.1, 0.15) is 0 Å². The van der Waals surface area contributed by atoms with Crippen LogP contribution in [0.1, 0.15) is 24.0 Å². The van der Waals surface area contributed by atoms with Crippen LogP contribution in [0.3, 0.4) is 0 Å². The predicted molar refractivity (Wildman–Crippen MR) is 73.3 cm³/mol. The summed E-state index contributed by atoms with van der Waals surface area (Å²) in [7, 11) is 0. The monoisotopic (exact) mass is 277 g/mol. The van der Waals surface area contributed by atoms with Crippen LogP contribution < -0.4 is 5.32 Å². The Labute approximate surface area is 116 Å². The minimum Gasteiger partial charge on any atom is -0.355 e. The van der Waals surface area contributed by atoms with Crippen LogP contribution in [0.2, 0.25) is 0 Å². The lowest BCUT2D eigenvalue weighted by Crippen LogP contribution is -2.34. The summed E-state index contributed by atoms with van der Waals surface area (Å²) in [6, 6.07) is 1.72. The molecular formula is C13H15N3O2S. The van der Waals surface area contributed by atoms with Crippen molar-refractivity contribution in [1.29, 1.82) is 5.26 Å². The molecule has 1 heterocycles. The molecule has 1 aromatic heterocycles. The SMILES string of the molecule is CCCNC(=O)C(C#N)C(=O)/C=C/c1csc(C)n1. The third-order valence-corrected chi connectivity index (χ3v) is 3.07. The maximum absolute atomic E-state index is 11.8. The molecule has 0 bridgehead atoms. The van der Waals surface area contributed by atoms with Gasteiger partial charge in [-0.1, -0.05) is 6.92 Å². The first kappa shape index (κ1) is 15.1. The fraction of sp³-hybridized carbons (Fsp3) is 0.385. The first-order valence-corrected chi connectivity index (χ1v) is 6.77. The fourth-order valence-electron chi connectivity index (χ4n) is 1.32. The van der Waals surface area contributed by atoms with E-state index in [0.29, 0.717) is 12.2 Å². The lowest BCUT2D eigenvalue weighted by atomic mass is 10.0. The molecule has 1 aromatic rings. The first-order valence-electron chi connectivity index (χ1n) is 5.89. The molecule has 0 radical (unpaired) electrons. The molecule has 0 saturated heterocycles. The minimum atomic E-state index is -1.29. The topological polar surface area (TPSA) is 82.9 Å². The number of carbonyl (C=O) groups is 2. The number of aromatic nitrogens is 1. The van der Waals surface area contributed by atoms with Gasteiger partial charge in [-0.15, -0.1) is 11.3 Å². The van der Waals surface area contributed by atoms with E-state index in [-0.39, 0.29) is 0 Å². The van der Waals surface area contributed by atoms with E-state index in [9.17, 15) is 9.59 Å². The lowest BCUT2D eigenvalue weighted by molar-refractivity contribution is -0.129. The van der Waals surface area contributed by atoms with Crippen LogP contribution in [-0.4, -0.2) is 23.2 Å². The number of nitrogens with zero attached hydrogens (tertiary/aromatic N) is 2. The molecule has 0 spiro atoms. The summed E-state index contributed by atoms with van der Waals surface area (Å²) in [5.41, 5.74) is 0.654. The summed E-state index contributed by atoms with van der Waals surface area (Å²) in [6.07, 6.45) is 3.50. The third kappa shape index (κ3) is 4.64. The second-order valence-electron chi connectivity index (χ2n) is 3.88. The number of thiazole rings is 1. The molecule has 0 fully saturated rings. The molecule has 1 atom stereocenters. The Bertz CT molecular complexity index is 528. The molecule has 1 rings (SSSR count). The summed E-state index contributed by atoms with van der Waals surface area (Å²) >= 11 is 1.47. The van der Waals surface area contributed by atoms with Crippen LogP contribution in [0.4, 0.5) is 0 Å². The Morgan fingerprint density at radius 2 is 2.37 bits per heavy atom. The highest BCUT2D eigenvalue weighted by Crippen LogP contribution is 2.10. The molecule has 5 nitrogen and oxygen atoms in total. The molecule has 0 aromatic carbocycles. The molecule has 1 amide bonds. The van der Waals surface area contributed by atoms with Gasteiger partial charge in [-0.25, -0.2) is 4.98 Å². The Morgan fingerprint density at radius 3 is 2.89 bits per heavy atom. The smallest absolute Gasteiger partial charge is 0.245 e. The van der Waals surface area contributed by atoms with Crippen LogP contribution in [0.15, 0.2) is 11.5 Å². The Balaban J connectivity index is 2.67. The Morgan fingerprint density at radius 1 is 1.63 bits per heavy atom. The minimum absolute atomic E-state index is 0.458. The maximum Gasteiger partial charge on any atom is 0.245 e. The van der Waals surface area contributed by atoms with Crippen molar-refractivity contribution >= 4 is 29.1 Å². The summed E-state index contributed by atoms with van der Waals surface area (Å²) in [4.78, 5) is 27.5. The number of hydrogen-bond acceptors (Lipinski definition) is 5. The van der Waals surface area contributed by atoms with Gasteiger partial charge < -0.3 is 5.32 Å². The van der Waals surface area contributed by atoms with Gasteiger partial charge in [0.05, 0.1) is 16.8 Å². The lowest BCUT2D eigenvalue weighted by Gasteiger charge is -2.05. The molecule has 19 heavy (non-hydrogen) atoms. The van der Waals surface area contributed by atoms with Crippen molar-refractivity contribution in [3.05, 3.63) is 22.2 Å². The van der Waals surface area contributed by atoms with Crippen LogP contribution in [0.5, 0.6) is 0 Å². The zero-order valence-electron chi connectivity index (χ0n) is 10.8. The van der Waals surface area contributed by atoms with Crippen molar-refractivity contribution < 1.29 is 9.59 Å². The molecular weight excluding hydrogens is 262 g/mol. The molecule has 0 aliphatic heterocycles. The normalized spacial score (nSPS) is 12.1. The summed E-state index contributed by atoms with van der Waals surface area (Å²) in [5.74, 6) is -2.36. The van der Waals surface area contributed by atoms with Gasteiger partial charge in [0.25, 0.3) is 0 Å². The number of nitriles is 1. The van der Waals surface area contributed by atoms with Crippen LogP contribution in [0.25, 0.3) is 6.08 Å². The van der Waals surface area contributed by atoms with Gasteiger partial charge in [0.15, 0.2) is 11.7 Å². The number of carbonyl (C=O) groups excluding carboxylic acids is 2. The molecule has 100 valence electrons. The van der Waals surface area contributed by atoms with E-state index in [1.54, 1.807) is 11.4 Å². The maximum atomic E-state index is 11.8. The van der Waals surface area contributed by atoms with Crippen molar-refractivity contribution in [2.75, 3.05) is 6.54 Å². The van der Waals surface area contributed by atoms with E-state index in [2.05, 4.69) is 10.3 Å². The van der Waals surface area contributed by atoms with E-state index in [1.165, 1.54) is 23.5 Å². The zero-order valence-corrected chi connectivity index (χ0v) is 11.7. The number of rotatable bonds is 6. The average molecular weight is 277 g/mol. The molecule has 0 aliphatic rings. The van der Waals surface area contributed by atoms with E-state index in [4.69, 9.17) is 5.26 Å². The van der Waals surface area contributed by atoms with Gasteiger partial charge in [-0.05, 0) is 25.5 Å². The van der Waals surface area contributed by atoms with Crippen LogP contribution in [0, 0.1) is 24.2 Å². The van der Waals surface area contributed by atoms with Gasteiger partial charge in [0, 0.05) is 11.9 Å². The fourth-order valence-corrected chi connectivity index (χ4v) is 1.90. The highest BCUT2D eigenvalue weighted by Gasteiger charge is 2.23. The molecule has 0 aliphatic carbocycles. The third-order valence-electron chi connectivity index (χ3n) is 2.28. The van der Waals surface area contributed by atoms with E-state index in [0.717, 1.165) is 11.4 Å². The summed E-state index contributed by atoms with van der Waals surface area (Å²) in [5, 5.41) is 14.1. The first-order chi connectivity index (χ1) is 9.08. The molecule has 6 heteroatoms. The van der Waals surface area contributed by atoms with Crippen molar-refractivity contribution in [3.8, 4) is 6.07 Å². The number of aryl methyl sites for hydroxylation is 1. The van der Waals surface area contributed by atoms with Gasteiger partial charge in [-0.3, -0.25) is 9.59 Å². The molecule has 0 saturated carbocycles. The molecule has 1 unspecified atom stereocenters. The number of nitrogens with one attached hydrogen (secondary N) is 1. The van der Waals surface area contributed by atoms with Gasteiger partial charge >= 0.3 is 0 Å². The van der Waals surface area contributed by atoms with Crippen LogP contribution in [-0.2, 0) is 9.59 Å². The summed E-state index contributed by atoms with van der Waals surface area (Å²) < 4.78 is 0. The number of ketones is 1. The Kier molecular flexibility index (Phi) is 5.90. The quantitative estimate of drug-likeness (QED) is 0.633. The van der Waals surface area contributed by atoms with E-state index in [1.807, 2.05) is 13.8 Å². The zero-order chi connectivity index (χ0) is 14.3. The largest absolute Gasteiger partial charge is 0.355 e. The van der Waals surface area contributed by atoms with Crippen molar-refractivity contribution in [1.82, 2.24) is 10.3 Å². The van der Waals surface area contributed by atoms with E-state index >= 15 is 0 Å². The highest BCUT2D eigenvalue weighted by atomic mass is 32.1. The average Bonchev–Trinajstić information content (AvgIpc) is 2.80. The number of allylic oxidation sites excluding steroid dienone is 1. The van der Waals surface area contributed by atoms with Crippen molar-refractivity contribution in [2.45, 2.75) is 20.3 Å². The number of hydrogen-bond donors (Lipinski definition) is 1. The molecule has 1 N–H and O–H groups in total.